The first-order valence-electron chi connectivity index (χ1n) is 7.91. The summed E-state index contributed by atoms with van der Waals surface area (Å²) in [6.07, 6.45) is 3.10. The highest BCUT2D eigenvalue weighted by Gasteiger charge is 2.42. The van der Waals surface area contributed by atoms with Crippen LogP contribution < -0.4 is 0 Å². The summed E-state index contributed by atoms with van der Waals surface area (Å²) in [6, 6.07) is 7.69. The van der Waals surface area contributed by atoms with Gasteiger partial charge in [-0.25, -0.2) is 4.39 Å². The third kappa shape index (κ3) is 3.37. The second-order valence-electron chi connectivity index (χ2n) is 5.72. The number of ether oxygens (including phenoxy) is 1. The first-order valence-corrected chi connectivity index (χ1v) is 8.29. The van der Waals surface area contributed by atoms with Crippen molar-refractivity contribution in [3.8, 4) is 0 Å². The van der Waals surface area contributed by atoms with Crippen molar-refractivity contribution in [3.63, 3.8) is 0 Å². The Labute approximate surface area is 149 Å². The van der Waals surface area contributed by atoms with E-state index < -0.39 is 29.4 Å². The van der Waals surface area contributed by atoms with Crippen LogP contribution in [-0.4, -0.2) is 18.4 Å². The summed E-state index contributed by atoms with van der Waals surface area (Å²) in [5, 5.41) is 0.174. The van der Waals surface area contributed by atoms with Gasteiger partial charge in [0.05, 0.1) is 12.9 Å². The average Bonchev–Trinajstić information content (AvgIpc) is 3.09. The molecular weight excluding hydrogens is 347 g/mol. The standard InChI is InChI=1S/C19H16ClFO4/c1-2-24-19(23)18-12(17-13(20)5-3-6-14(17)21)9-11(10-15(18)22)16-7-4-8-25-16/h3-8,10,12,18H,2,9H2,1H3/t12-,18+/m1/s1. The highest BCUT2D eigenvalue weighted by molar-refractivity contribution is 6.31. The van der Waals surface area contributed by atoms with E-state index in [0.717, 1.165) is 0 Å². The Morgan fingerprint density at radius 3 is 2.80 bits per heavy atom. The molecule has 0 amide bonds. The molecule has 1 aromatic carbocycles. The van der Waals surface area contributed by atoms with Crippen molar-refractivity contribution in [1.29, 1.82) is 0 Å². The monoisotopic (exact) mass is 362 g/mol. The zero-order valence-electron chi connectivity index (χ0n) is 13.5. The van der Waals surface area contributed by atoms with E-state index in [1.807, 2.05) is 0 Å². The Bertz CT molecular complexity index is 806. The molecule has 4 nitrogen and oxygen atoms in total. The Morgan fingerprint density at radius 2 is 2.16 bits per heavy atom. The van der Waals surface area contributed by atoms with Gasteiger partial charge in [-0.1, -0.05) is 17.7 Å². The van der Waals surface area contributed by atoms with Gasteiger partial charge in [-0.3, -0.25) is 9.59 Å². The minimum atomic E-state index is -1.13. The summed E-state index contributed by atoms with van der Waals surface area (Å²) in [6.45, 7) is 1.79. The first-order chi connectivity index (χ1) is 12.0. The number of furan rings is 1. The van der Waals surface area contributed by atoms with Crippen LogP contribution in [0.15, 0.2) is 47.1 Å². The van der Waals surface area contributed by atoms with E-state index in [0.29, 0.717) is 11.3 Å². The Hall–Kier alpha value is -2.40. The number of hydrogen-bond donors (Lipinski definition) is 0. The number of carbonyl (C=O) groups excluding carboxylic acids is 2. The molecule has 2 aromatic rings. The van der Waals surface area contributed by atoms with Crippen molar-refractivity contribution in [2.45, 2.75) is 19.3 Å². The maximum atomic E-state index is 14.5. The first kappa shape index (κ1) is 17.4. The summed E-state index contributed by atoms with van der Waals surface area (Å²) in [7, 11) is 0. The molecule has 6 heteroatoms. The molecule has 0 bridgehead atoms. The molecule has 1 aliphatic rings. The normalized spacial score (nSPS) is 20.3. The van der Waals surface area contributed by atoms with E-state index in [9.17, 15) is 14.0 Å². The van der Waals surface area contributed by atoms with E-state index in [1.54, 1.807) is 19.1 Å². The lowest BCUT2D eigenvalue weighted by Crippen LogP contribution is -2.34. The summed E-state index contributed by atoms with van der Waals surface area (Å²) in [5.41, 5.74) is 0.743. The number of allylic oxidation sites excluding steroid dienone is 2. The van der Waals surface area contributed by atoms with Crippen molar-refractivity contribution in [3.05, 3.63) is 64.8 Å². The lowest BCUT2D eigenvalue weighted by molar-refractivity contribution is -0.151. The maximum Gasteiger partial charge on any atom is 0.317 e. The van der Waals surface area contributed by atoms with Crippen LogP contribution >= 0.6 is 11.6 Å². The van der Waals surface area contributed by atoms with Crippen LogP contribution in [0, 0.1) is 11.7 Å². The van der Waals surface area contributed by atoms with Gasteiger partial charge in [0.25, 0.3) is 0 Å². The summed E-state index contributed by atoms with van der Waals surface area (Å²) in [5.74, 6) is -3.06. The smallest absolute Gasteiger partial charge is 0.317 e. The highest BCUT2D eigenvalue weighted by Crippen LogP contribution is 2.43. The van der Waals surface area contributed by atoms with E-state index in [1.165, 1.54) is 30.5 Å². The molecule has 0 radical (unpaired) electrons. The quantitative estimate of drug-likeness (QED) is 0.598. The van der Waals surface area contributed by atoms with E-state index >= 15 is 0 Å². The molecule has 3 rings (SSSR count). The lowest BCUT2D eigenvalue weighted by Gasteiger charge is -2.29. The number of benzene rings is 1. The summed E-state index contributed by atoms with van der Waals surface area (Å²) >= 11 is 6.18. The Kier molecular flexibility index (Phi) is 5.04. The summed E-state index contributed by atoms with van der Waals surface area (Å²) in [4.78, 5) is 25.0. The minimum Gasteiger partial charge on any atom is -0.465 e. The topological polar surface area (TPSA) is 56.5 Å². The zero-order chi connectivity index (χ0) is 18.0. The molecule has 130 valence electrons. The third-order valence-corrected chi connectivity index (χ3v) is 4.54. The second-order valence-corrected chi connectivity index (χ2v) is 6.13. The van der Waals surface area contributed by atoms with Gasteiger partial charge < -0.3 is 9.15 Å². The second kappa shape index (κ2) is 7.23. The van der Waals surface area contributed by atoms with Gasteiger partial charge in [-0.15, -0.1) is 0 Å². The molecule has 25 heavy (non-hydrogen) atoms. The Balaban J connectivity index is 2.09. The van der Waals surface area contributed by atoms with Crippen molar-refractivity contribution in [2.75, 3.05) is 6.61 Å². The molecule has 1 aromatic heterocycles. The number of carbonyl (C=O) groups is 2. The van der Waals surface area contributed by atoms with Crippen LogP contribution in [0.4, 0.5) is 4.39 Å². The van der Waals surface area contributed by atoms with Crippen LogP contribution in [0.2, 0.25) is 5.02 Å². The lowest BCUT2D eigenvalue weighted by atomic mass is 9.74. The fourth-order valence-corrected chi connectivity index (χ4v) is 3.46. The van der Waals surface area contributed by atoms with Gasteiger partial charge in [-0.2, -0.15) is 0 Å². The predicted octanol–water partition coefficient (Wildman–Crippen LogP) is 4.39. The van der Waals surface area contributed by atoms with Gasteiger partial charge in [0, 0.05) is 16.5 Å². The van der Waals surface area contributed by atoms with Crippen molar-refractivity contribution in [2.24, 2.45) is 5.92 Å². The number of rotatable bonds is 4. The van der Waals surface area contributed by atoms with Gasteiger partial charge in [0.2, 0.25) is 0 Å². The minimum absolute atomic E-state index is 0.134. The van der Waals surface area contributed by atoms with E-state index in [2.05, 4.69) is 0 Å². The van der Waals surface area contributed by atoms with E-state index in [-0.39, 0.29) is 23.6 Å². The zero-order valence-corrected chi connectivity index (χ0v) is 14.3. The molecule has 0 fully saturated rings. The van der Waals surface area contributed by atoms with Crippen LogP contribution in [0.3, 0.4) is 0 Å². The van der Waals surface area contributed by atoms with Crippen LogP contribution in [0.25, 0.3) is 5.57 Å². The third-order valence-electron chi connectivity index (χ3n) is 4.21. The molecule has 0 saturated heterocycles. The maximum absolute atomic E-state index is 14.5. The largest absolute Gasteiger partial charge is 0.465 e. The molecule has 0 spiro atoms. The molecular formula is C19H16ClFO4. The number of hydrogen-bond acceptors (Lipinski definition) is 4. The highest BCUT2D eigenvalue weighted by atomic mass is 35.5. The van der Waals surface area contributed by atoms with Crippen molar-refractivity contribution < 1.29 is 23.1 Å². The van der Waals surface area contributed by atoms with Crippen molar-refractivity contribution in [1.82, 2.24) is 0 Å². The predicted molar refractivity (Wildman–Crippen MR) is 90.6 cm³/mol. The number of halogens is 2. The van der Waals surface area contributed by atoms with Gasteiger partial charge in [0.15, 0.2) is 5.78 Å². The van der Waals surface area contributed by atoms with Crippen LogP contribution in [0.5, 0.6) is 0 Å². The molecule has 0 saturated carbocycles. The van der Waals surface area contributed by atoms with Crippen LogP contribution in [0.1, 0.15) is 30.6 Å². The average molecular weight is 363 g/mol. The SMILES string of the molecule is CCOC(=O)[C@@H]1C(=O)C=C(c2ccco2)C[C@@H]1c1c(F)cccc1Cl. The van der Waals surface area contributed by atoms with Gasteiger partial charge >= 0.3 is 5.97 Å². The van der Waals surface area contributed by atoms with Gasteiger partial charge in [0.1, 0.15) is 17.5 Å². The Morgan fingerprint density at radius 1 is 1.36 bits per heavy atom. The molecule has 2 atom stereocenters. The molecule has 1 heterocycles. The molecule has 0 unspecified atom stereocenters. The molecule has 1 aliphatic carbocycles. The number of esters is 1. The van der Waals surface area contributed by atoms with Crippen molar-refractivity contribution >= 4 is 28.9 Å². The fourth-order valence-electron chi connectivity index (χ4n) is 3.15. The van der Waals surface area contributed by atoms with Crippen LogP contribution in [-0.2, 0) is 14.3 Å². The molecule has 0 aliphatic heterocycles. The number of ketones is 1. The summed E-state index contributed by atoms with van der Waals surface area (Å²) < 4.78 is 24.8. The fraction of sp³-hybridized carbons (Fsp3) is 0.263. The van der Waals surface area contributed by atoms with E-state index in [4.69, 9.17) is 20.8 Å². The molecule has 0 N–H and O–H groups in total. The van der Waals surface area contributed by atoms with Gasteiger partial charge in [-0.05, 0) is 49.3 Å².